The number of rotatable bonds is 6. The first-order chi connectivity index (χ1) is 17.1. The lowest BCUT2D eigenvalue weighted by Gasteiger charge is -2.32. The molecule has 0 aromatic heterocycles. The fourth-order valence-electron chi connectivity index (χ4n) is 3.56. The highest BCUT2D eigenvalue weighted by molar-refractivity contribution is 9.10. The van der Waals surface area contributed by atoms with Gasteiger partial charge in [0.25, 0.3) is 10.0 Å². The van der Waals surface area contributed by atoms with Crippen LogP contribution in [0.4, 0.5) is 9.18 Å². The van der Waals surface area contributed by atoms with Crippen LogP contribution in [0.1, 0.15) is 22.0 Å². The van der Waals surface area contributed by atoms with Gasteiger partial charge in [0.15, 0.2) is 6.10 Å². The van der Waals surface area contributed by atoms with Crippen molar-refractivity contribution in [1.82, 2.24) is 4.72 Å². The van der Waals surface area contributed by atoms with Gasteiger partial charge in [0.05, 0.1) is 29.2 Å². The number of benzene rings is 3. The molecule has 1 amide bonds. The molecule has 2 atom stereocenters. The average Bonchev–Trinajstić information content (AvgIpc) is 2.85. The molecule has 9 nitrogen and oxygen atoms in total. The first kappa shape index (κ1) is 25.5. The topological polar surface area (TPSA) is 117 Å². The molecule has 0 saturated heterocycles. The monoisotopic (exact) mass is 579 g/mol. The van der Waals surface area contributed by atoms with Gasteiger partial charge in [-0.05, 0) is 76.1 Å². The van der Waals surface area contributed by atoms with Gasteiger partial charge in [-0.1, -0.05) is 6.07 Å². The van der Waals surface area contributed by atoms with Gasteiger partial charge in [-0.25, -0.2) is 22.3 Å². The number of nitrogens with one attached hydrogen (secondary N) is 1. The molecule has 1 unspecified atom stereocenters. The number of halogens is 2. The van der Waals surface area contributed by atoms with Crippen molar-refractivity contribution in [2.75, 3.05) is 14.2 Å². The molecular weight excluding hydrogens is 561 g/mol. The van der Waals surface area contributed by atoms with Crippen molar-refractivity contribution in [3.63, 3.8) is 0 Å². The second-order valence-electron chi connectivity index (χ2n) is 7.54. The summed E-state index contributed by atoms with van der Waals surface area (Å²) in [5.41, 5.74) is 0.550. The summed E-state index contributed by atoms with van der Waals surface area (Å²) in [6.07, 6.45) is -4.07. The maximum Gasteiger partial charge on any atom is 0.422 e. The van der Waals surface area contributed by atoms with Gasteiger partial charge in [-0.2, -0.15) is 0 Å². The lowest BCUT2D eigenvalue weighted by atomic mass is 9.93. The van der Waals surface area contributed by atoms with Crippen LogP contribution < -0.4 is 18.9 Å². The quantitative estimate of drug-likeness (QED) is 0.456. The smallest absolute Gasteiger partial charge is 0.422 e. The van der Waals surface area contributed by atoms with E-state index in [9.17, 15) is 22.4 Å². The van der Waals surface area contributed by atoms with Crippen molar-refractivity contribution in [3.05, 3.63) is 82.1 Å². The Morgan fingerprint density at radius 3 is 2.39 bits per heavy atom. The van der Waals surface area contributed by atoms with Gasteiger partial charge >= 0.3 is 6.09 Å². The number of ether oxygens (including phenoxy) is 4. The normalized spacial score (nSPS) is 16.9. The third-order valence-corrected chi connectivity index (χ3v) is 7.27. The molecule has 36 heavy (non-hydrogen) atoms. The van der Waals surface area contributed by atoms with E-state index in [4.69, 9.17) is 18.9 Å². The van der Waals surface area contributed by atoms with Crippen LogP contribution in [-0.2, 0) is 14.8 Å². The molecule has 1 N–H and O–H groups in total. The molecule has 188 valence electrons. The minimum Gasteiger partial charge on any atom is -0.497 e. The Morgan fingerprint density at radius 1 is 1.03 bits per heavy atom. The van der Waals surface area contributed by atoms with Crippen molar-refractivity contribution >= 4 is 37.8 Å². The lowest BCUT2D eigenvalue weighted by Crippen LogP contribution is -2.43. The first-order valence-corrected chi connectivity index (χ1v) is 12.6. The summed E-state index contributed by atoms with van der Waals surface area (Å²) in [5.74, 6) is -0.146. The van der Waals surface area contributed by atoms with E-state index in [1.807, 2.05) is 0 Å². The van der Waals surface area contributed by atoms with Gasteiger partial charge in [0.2, 0.25) is 11.9 Å². The van der Waals surface area contributed by atoms with Crippen LogP contribution >= 0.6 is 15.9 Å². The summed E-state index contributed by atoms with van der Waals surface area (Å²) in [6.45, 7) is 0. The standard InChI is InChI=1S/C24H19BrFNO8S/c1-32-15-6-10-19-17(12-15)21(28)23(22(34-19)13-3-9-20(33-2)18(25)11-13)35-24(29)27-36(30,31)16-7-4-14(26)5-8-16/h3-12,22-23H,1-2H3,(H,27,29)/t22-,23?/m0/s1. The van der Waals surface area contributed by atoms with Crippen molar-refractivity contribution in [3.8, 4) is 17.2 Å². The van der Waals surface area contributed by atoms with Gasteiger partial charge in [-0.15, -0.1) is 0 Å². The number of Topliss-reactive ketones (excluding diaryl/α,β-unsaturated/α-hetero) is 1. The van der Waals surface area contributed by atoms with E-state index in [1.54, 1.807) is 35.1 Å². The van der Waals surface area contributed by atoms with Gasteiger partial charge in [0.1, 0.15) is 23.1 Å². The third-order valence-electron chi connectivity index (χ3n) is 5.32. The van der Waals surface area contributed by atoms with Crippen LogP contribution in [0.15, 0.2) is 70.0 Å². The Labute approximate surface area is 214 Å². The van der Waals surface area contributed by atoms with Crippen LogP contribution in [0, 0.1) is 5.82 Å². The largest absolute Gasteiger partial charge is 0.497 e. The Balaban J connectivity index is 1.67. The number of carbonyl (C=O) groups excluding carboxylic acids is 2. The molecule has 4 rings (SSSR count). The highest BCUT2D eigenvalue weighted by Crippen LogP contribution is 2.40. The molecule has 3 aromatic rings. The second kappa shape index (κ2) is 10.2. The first-order valence-electron chi connectivity index (χ1n) is 10.3. The minimum absolute atomic E-state index is 0.0948. The summed E-state index contributed by atoms with van der Waals surface area (Å²) in [6, 6.07) is 13.3. The van der Waals surface area contributed by atoms with Crippen LogP contribution in [0.25, 0.3) is 0 Å². The number of amides is 1. The Morgan fingerprint density at radius 2 is 1.75 bits per heavy atom. The molecule has 3 aromatic carbocycles. The maximum absolute atomic E-state index is 13.4. The number of hydrogen-bond acceptors (Lipinski definition) is 8. The minimum atomic E-state index is -4.40. The molecular formula is C24H19BrFNO8S. The van der Waals surface area contributed by atoms with Crippen LogP contribution in [0.3, 0.4) is 0 Å². The summed E-state index contributed by atoms with van der Waals surface area (Å²) in [5, 5.41) is 0. The molecule has 0 spiro atoms. The van der Waals surface area contributed by atoms with Gasteiger partial charge in [0, 0.05) is 0 Å². The summed E-state index contributed by atoms with van der Waals surface area (Å²) in [4.78, 5) is 25.7. The van der Waals surface area contributed by atoms with E-state index in [0.717, 1.165) is 24.3 Å². The van der Waals surface area contributed by atoms with Crippen molar-refractivity contribution in [1.29, 1.82) is 0 Å². The van der Waals surface area contributed by atoms with Crippen LogP contribution in [-0.4, -0.2) is 40.6 Å². The van der Waals surface area contributed by atoms with Crippen molar-refractivity contribution in [2.24, 2.45) is 0 Å². The highest BCUT2D eigenvalue weighted by atomic mass is 79.9. The SMILES string of the molecule is COc1ccc2c(c1)C(=O)C(OC(=O)NS(=O)(=O)c1ccc(F)cc1)[C@H](c1ccc(OC)c(Br)c1)O2. The van der Waals surface area contributed by atoms with Crippen molar-refractivity contribution in [2.45, 2.75) is 17.1 Å². The molecule has 0 aliphatic carbocycles. The molecule has 0 bridgehead atoms. The predicted octanol–water partition coefficient (Wildman–Crippen LogP) is 4.41. The Hall–Kier alpha value is -3.64. The van der Waals surface area contributed by atoms with Crippen molar-refractivity contribution < 1.29 is 41.3 Å². The van der Waals surface area contributed by atoms with Crippen LogP contribution in [0.2, 0.25) is 0 Å². The second-order valence-corrected chi connectivity index (χ2v) is 10.1. The predicted molar refractivity (Wildman–Crippen MR) is 128 cm³/mol. The number of methoxy groups -OCH3 is 2. The number of fused-ring (bicyclic) bond motifs is 1. The summed E-state index contributed by atoms with van der Waals surface area (Å²) in [7, 11) is -1.49. The number of carbonyl (C=O) groups is 2. The number of ketones is 1. The van der Waals surface area contributed by atoms with E-state index in [2.05, 4.69) is 15.9 Å². The zero-order valence-corrected chi connectivity index (χ0v) is 21.3. The Kier molecular flexibility index (Phi) is 7.18. The summed E-state index contributed by atoms with van der Waals surface area (Å²) < 4.78 is 62.3. The summed E-state index contributed by atoms with van der Waals surface area (Å²) >= 11 is 3.37. The lowest BCUT2D eigenvalue weighted by molar-refractivity contribution is 0.0106. The molecule has 0 radical (unpaired) electrons. The maximum atomic E-state index is 13.4. The highest BCUT2D eigenvalue weighted by Gasteiger charge is 2.42. The number of sulfonamides is 1. The molecule has 1 aliphatic heterocycles. The molecule has 0 saturated carbocycles. The molecule has 0 fully saturated rings. The molecule has 12 heteroatoms. The zero-order valence-electron chi connectivity index (χ0n) is 18.9. The van der Waals surface area contributed by atoms with E-state index in [-0.39, 0.29) is 16.2 Å². The fourth-order valence-corrected chi connectivity index (χ4v) is 5.00. The average molecular weight is 580 g/mol. The molecule has 1 heterocycles. The van der Waals surface area contributed by atoms with Crippen LogP contribution in [0.5, 0.6) is 17.2 Å². The van der Waals surface area contributed by atoms with E-state index >= 15 is 0 Å². The van der Waals surface area contributed by atoms with Gasteiger partial charge in [-0.3, -0.25) is 4.79 Å². The fraction of sp³-hybridized carbons (Fsp3) is 0.167. The van der Waals surface area contributed by atoms with Gasteiger partial charge < -0.3 is 18.9 Å². The third kappa shape index (κ3) is 5.14. The zero-order chi connectivity index (χ0) is 26.0. The Bertz CT molecular complexity index is 1430. The number of hydrogen-bond donors (Lipinski definition) is 1. The van der Waals surface area contributed by atoms with E-state index < -0.39 is 39.9 Å². The molecule has 1 aliphatic rings. The van der Waals surface area contributed by atoms with E-state index in [0.29, 0.717) is 21.5 Å². The van der Waals surface area contributed by atoms with E-state index in [1.165, 1.54) is 20.3 Å².